The molecule has 23 heavy (non-hydrogen) atoms. The molecular weight excluding hydrogens is 324 g/mol. The number of aliphatic carboxylic acids is 1. The van der Waals surface area contributed by atoms with Gasteiger partial charge in [0.15, 0.2) is 0 Å². The summed E-state index contributed by atoms with van der Waals surface area (Å²) in [7, 11) is -1.05. The van der Waals surface area contributed by atoms with Crippen LogP contribution in [0.2, 0.25) is 0 Å². The number of carbonyl (C=O) groups excluding carboxylic acids is 1. The summed E-state index contributed by atoms with van der Waals surface area (Å²) in [4.78, 5) is 24.6. The Bertz CT molecular complexity index is 663. The lowest BCUT2D eigenvalue weighted by Gasteiger charge is -2.23. The minimum absolute atomic E-state index is 0.0489. The first kappa shape index (κ1) is 19.2. The lowest BCUT2D eigenvalue weighted by molar-refractivity contribution is -0.137. The van der Waals surface area contributed by atoms with E-state index in [1.165, 1.54) is 19.0 Å². The predicted octanol–water partition coefficient (Wildman–Crippen LogP) is 1.10. The summed E-state index contributed by atoms with van der Waals surface area (Å²) < 4.78 is 29.9. The van der Waals surface area contributed by atoms with E-state index in [4.69, 9.17) is 9.52 Å². The molecule has 0 aliphatic carbocycles. The molecule has 0 saturated heterocycles. The Morgan fingerprint density at radius 2 is 1.91 bits per heavy atom. The van der Waals surface area contributed by atoms with Gasteiger partial charge in [0.2, 0.25) is 5.09 Å². The van der Waals surface area contributed by atoms with Crippen molar-refractivity contribution in [2.45, 2.75) is 25.4 Å². The van der Waals surface area contributed by atoms with Crippen LogP contribution in [0, 0.1) is 5.92 Å². The maximum atomic E-state index is 12.5. The van der Waals surface area contributed by atoms with Gasteiger partial charge in [0, 0.05) is 33.3 Å². The third-order valence-corrected chi connectivity index (χ3v) is 4.71. The zero-order valence-electron chi connectivity index (χ0n) is 13.6. The predicted molar refractivity (Wildman–Crippen MR) is 82.6 cm³/mol. The van der Waals surface area contributed by atoms with Crippen molar-refractivity contribution in [3.63, 3.8) is 0 Å². The van der Waals surface area contributed by atoms with Crippen molar-refractivity contribution in [2.75, 3.05) is 27.2 Å². The highest BCUT2D eigenvalue weighted by Gasteiger charge is 2.25. The number of amides is 1. The Balaban J connectivity index is 3.00. The van der Waals surface area contributed by atoms with Gasteiger partial charge in [-0.3, -0.25) is 9.59 Å². The van der Waals surface area contributed by atoms with Crippen LogP contribution in [-0.4, -0.2) is 61.8 Å². The van der Waals surface area contributed by atoms with Crippen LogP contribution in [0.3, 0.4) is 0 Å². The first-order valence-electron chi connectivity index (χ1n) is 7.07. The summed E-state index contributed by atoms with van der Waals surface area (Å²) in [5.74, 6) is -1.32. The van der Waals surface area contributed by atoms with E-state index in [-0.39, 0.29) is 29.5 Å². The quantitative estimate of drug-likeness (QED) is 0.755. The van der Waals surface area contributed by atoms with Crippen LogP contribution in [0.5, 0.6) is 0 Å². The number of nitrogens with zero attached hydrogens (tertiary/aromatic N) is 2. The summed E-state index contributed by atoms with van der Waals surface area (Å²) in [5, 5.41) is 8.45. The number of sulfonamides is 1. The number of hydrogen-bond donors (Lipinski definition) is 1. The van der Waals surface area contributed by atoms with Crippen molar-refractivity contribution >= 4 is 21.9 Å². The third kappa shape index (κ3) is 5.07. The van der Waals surface area contributed by atoms with Gasteiger partial charge in [-0.2, -0.15) is 0 Å². The standard InChI is InChI=1S/C14H22N2O6S/c1-10(2)8-16(6-5-12(17)18)14(19)11-7-13(22-9-11)23(20,21)15(3)4/h7,9-10H,5-6,8H2,1-4H3,(H,17,18). The first-order valence-corrected chi connectivity index (χ1v) is 8.51. The highest BCUT2D eigenvalue weighted by Crippen LogP contribution is 2.18. The lowest BCUT2D eigenvalue weighted by Crippen LogP contribution is -2.35. The maximum absolute atomic E-state index is 12.5. The summed E-state index contributed by atoms with van der Waals surface area (Å²) >= 11 is 0. The number of carbonyl (C=O) groups is 2. The molecule has 0 bridgehead atoms. The van der Waals surface area contributed by atoms with Crippen molar-refractivity contribution in [2.24, 2.45) is 5.92 Å². The molecule has 0 aromatic carbocycles. The molecule has 0 radical (unpaired) electrons. The van der Waals surface area contributed by atoms with Crippen LogP contribution in [0.1, 0.15) is 30.6 Å². The minimum atomic E-state index is -3.76. The molecule has 0 spiro atoms. The first-order chi connectivity index (χ1) is 10.6. The molecule has 1 aromatic heterocycles. The van der Waals surface area contributed by atoms with Crippen LogP contribution >= 0.6 is 0 Å². The van der Waals surface area contributed by atoms with Crippen molar-refractivity contribution < 1.29 is 27.5 Å². The van der Waals surface area contributed by atoms with Gasteiger partial charge in [0.25, 0.3) is 15.9 Å². The smallest absolute Gasteiger partial charge is 0.305 e. The molecule has 0 aliphatic rings. The Morgan fingerprint density at radius 1 is 1.30 bits per heavy atom. The van der Waals surface area contributed by atoms with Gasteiger partial charge in [0.1, 0.15) is 6.26 Å². The molecule has 0 atom stereocenters. The average molecular weight is 346 g/mol. The van der Waals surface area contributed by atoms with Crippen LogP contribution < -0.4 is 0 Å². The molecule has 0 aliphatic heterocycles. The molecule has 1 amide bonds. The number of rotatable bonds is 8. The Labute approximate surface area is 135 Å². The van der Waals surface area contributed by atoms with E-state index < -0.39 is 21.9 Å². The Morgan fingerprint density at radius 3 is 2.39 bits per heavy atom. The van der Waals surface area contributed by atoms with E-state index in [9.17, 15) is 18.0 Å². The number of carboxylic acids is 1. The van der Waals surface area contributed by atoms with Crippen molar-refractivity contribution in [1.29, 1.82) is 0 Å². The third-order valence-electron chi connectivity index (χ3n) is 3.03. The van der Waals surface area contributed by atoms with Gasteiger partial charge in [-0.15, -0.1) is 0 Å². The van der Waals surface area contributed by atoms with E-state index in [1.807, 2.05) is 13.8 Å². The van der Waals surface area contributed by atoms with E-state index >= 15 is 0 Å². The van der Waals surface area contributed by atoms with Crippen LogP contribution in [0.25, 0.3) is 0 Å². The SMILES string of the molecule is CC(C)CN(CCC(=O)O)C(=O)c1coc(S(=O)(=O)N(C)C)c1. The molecule has 0 unspecified atom stereocenters. The average Bonchev–Trinajstić information content (AvgIpc) is 2.92. The maximum Gasteiger partial charge on any atom is 0.305 e. The number of hydrogen-bond acceptors (Lipinski definition) is 5. The van der Waals surface area contributed by atoms with Crippen LogP contribution in [0.15, 0.2) is 21.8 Å². The summed E-state index contributed by atoms with van der Waals surface area (Å²) in [6.07, 6.45) is 0.895. The molecule has 1 heterocycles. The van der Waals surface area contributed by atoms with Crippen molar-refractivity contribution in [1.82, 2.24) is 9.21 Å². The van der Waals surface area contributed by atoms with Gasteiger partial charge >= 0.3 is 5.97 Å². The highest BCUT2D eigenvalue weighted by molar-refractivity contribution is 7.88. The van der Waals surface area contributed by atoms with E-state index in [2.05, 4.69) is 0 Å². The second kappa shape index (κ2) is 7.60. The summed E-state index contributed by atoms with van der Waals surface area (Å²) in [6.45, 7) is 4.22. The summed E-state index contributed by atoms with van der Waals surface area (Å²) in [6, 6.07) is 1.16. The Kier molecular flexibility index (Phi) is 6.34. The van der Waals surface area contributed by atoms with E-state index in [0.717, 1.165) is 16.6 Å². The molecule has 9 heteroatoms. The van der Waals surface area contributed by atoms with Gasteiger partial charge in [-0.05, 0) is 5.92 Å². The van der Waals surface area contributed by atoms with E-state index in [0.29, 0.717) is 6.54 Å². The normalized spacial score (nSPS) is 11.9. The fourth-order valence-corrected chi connectivity index (χ4v) is 2.68. The molecule has 1 aromatic rings. The van der Waals surface area contributed by atoms with Crippen LogP contribution in [0.4, 0.5) is 0 Å². The zero-order chi connectivity index (χ0) is 17.8. The second-order valence-electron chi connectivity index (χ2n) is 5.73. The Hall–Kier alpha value is -1.87. The second-order valence-corrected chi connectivity index (χ2v) is 7.81. The monoisotopic (exact) mass is 346 g/mol. The largest absolute Gasteiger partial charge is 0.481 e. The van der Waals surface area contributed by atoms with Gasteiger partial charge in [-0.25, -0.2) is 12.7 Å². The lowest BCUT2D eigenvalue weighted by atomic mass is 10.2. The molecule has 1 N–H and O–H groups in total. The van der Waals surface area contributed by atoms with Gasteiger partial charge < -0.3 is 14.4 Å². The minimum Gasteiger partial charge on any atom is -0.481 e. The van der Waals surface area contributed by atoms with Gasteiger partial charge in [-0.1, -0.05) is 13.8 Å². The molecule has 1 rings (SSSR count). The number of carboxylic acid groups (broad SMARTS) is 1. The van der Waals surface area contributed by atoms with Gasteiger partial charge in [0.05, 0.1) is 12.0 Å². The van der Waals surface area contributed by atoms with Crippen molar-refractivity contribution in [3.8, 4) is 0 Å². The fourth-order valence-electron chi connectivity index (χ4n) is 1.87. The molecule has 130 valence electrons. The summed E-state index contributed by atoms with van der Waals surface area (Å²) in [5.41, 5.74) is 0.0801. The van der Waals surface area contributed by atoms with Crippen molar-refractivity contribution in [3.05, 3.63) is 17.9 Å². The topological polar surface area (TPSA) is 108 Å². The van der Waals surface area contributed by atoms with E-state index in [1.54, 1.807) is 0 Å². The highest BCUT2D eigenvalue weighted by atomic mass is 32.2. The molecule has 0 fully saturated rings. The van der Waals surface area contributed by atoms with Crippen LogP contribution in [-0.2, 0) is 14.8 Å². The molecule has 0 saturated carbocycles. The fraction of sp³-hybridized carbons (Fsp3) is 0.571. The zero-order valence-corrected chi connectivity index (χ0v) is 14.5. The molecular formula is C14H22N2O6S. The molecule has 8 nitrogen and oxygen atoms in total. The number of furan rings is 1.